The summed E-state index contributed by atoms with van der Waals surface area (Å²) in [6, 6.07) is 10.6. The third kappa shape index (κ3) is 10.5. The molecule has 248 valence electrons. The van der Waals surface area contributed by atoms with Crippen molar-refractivity contribution in [2.75, 3.05) is 20.2 Å². The molecule has 2 N–H and O–H groups in total. The number of aryl methyl sites for hydroxylation is 2. The van der Waals surface area contributed by atoms with Crippen LogP contribution in [0.5, 0.6) is 5.75 Å². The summed E-state index contributed by atoms with van der Waals surface area (Å²) in [5.74, 6) is 1.50. The Hall–Kier alpha value is -3.03. The second kappa shape index (κ2) is 18.2. The molecule has 7 heteroatoms. The minimum atomic E-state index is -0.412. The summed E-state index contributed by atoms with van der Waals surface area (Å²) in [6.07, 6.45) is 9.70. The largest absolute Gasteiger partial charge is 0.493 e. The molecule has 1 aromatic heterocycles. The molecule has 4 unspecified atom stereocenters. The molecule has 0 radical (unpaired) electrons. The monoisotopic (exact) mass is 618 g/mol. The Morgan fingerprint density at radius 1 is 1.04 bits per heavy atom. The number of ether oxygens (including phenoxy) is 1. The first kappa shape index (κ1) is 36.4. The average Bonchev–Trinajstić information content (AvgIpc) is 3.41. The Kier molecular flexibility index (Phi) is 14.7. The maximum atomic E-state index is 13.2. The number of carbonyl (C=O) groups excluding carboxylic acids is 2. The number of hydrogen-bond donors (Lipinski definition) is 2. The van der Waals surface area contributed by atoms with Crippen molar-refractivity contribution < 1.29 is 14.3 Å². The summed E-state index contributed by atoms with van der Waals surface area (Å²) in [7, 11) is 2.16. The smallest absolute Gasteiger partial charge is 0.150 e. The standard InChI is InChI=1S/C38H58N4O3/c1-9-12-15-32(14-11-3)42(8)23-30-20-34-35(21-31(30)24-43)41-38(40-34)37(29(7)44)33(16-13-10-2)39-22-27(5)25-45-36-18-17-26(4)19-28(36)6/h17-21,24,27,32-33,37,39H,9-16,22-23,25H2,1-8H3,(H,40,41). The Bertz CT molecular complexity index is 1370. The Balaban J connectivity index is 1.80. The van der Waals surface area contributed by atoms with Crippen LogP contribution in [0, 0.1) is 19.8 Å². The van der Waals surface area contributed by atoms with Crippen LogP contribution >= 0.6 is 0 Å². The van der Waals surface area contributed by atoms with E-state index in [1.165, 1.54) is 18.4 Å². The lowest BCUT2D eigenvalue weighted by molar-refractivity contribution is -0.119. The van der Waals surface area contributed by atoms with Crippen LogP contribution in [0.4, 0.5) is 0 Å². The molecule has 7 nitrogen and oxygen atoms in total. The van der Waals surface area contributed by atoms with E-state index in [1.807, 2.05) is 12.1 Å². The predicted molar refractivity (Wildman–Crippen MR) is 186 cm³/mol. The zero-order chi connectivity index (χ0) is 32.9. The third-order valence-corrected chi connectivity index (χ3v) is 9.03. The van der Waals surface area contributed by atoms with Gasteiger partial charge in [0.15, 0.2) is 0 Å². The zero-order valence-corrected chi connectivity index (χ0v) is 29.2. The van der Waals surface area contributed by atoms with Gasteiger partial charge in [0.25, 0.3) is 0 Å². The van der Waals surface area contributed by atoms with Crippen molar-refractivity contribution >= 4 is 23.1 Å². The molecule has 0 aliphatic rings. The number of hydrogen-bond acceptors (Lipinski definition) is 6. The number of benzene rings is 2. The van der Waals surface area contributed by atoms with Crippen LogP contribution in [-0.2, 0) is 11.3 Å². The first-order chi connectivity index (χ1) is 21.6. The zero-order valence-electron chi connectivity index (χ0n) is 29.2. The molecule has 0 bridgehead atoms. The van der Waals surface area contributed by atoms with Crippen LogP contribution < -0.4 is 10.1 Å². The van der Waals surface area contributed by atoms with Gasteiger partial charge in [-0.2, -0.15) is 0 Å². The number of rotatable bonds is 21. The molecule has 2 aromatic carbocycles. The van der Waals surface area contributed by atoms with Crippen molar-refractivity contribution in [1.82, 2.24) is 20.2 Å². The van der Waals surface area contributed by atoms with Crippen LogP contribution in [0.25, 0.3) is 11.0 Å². The number of Topliss-reactive ketones (excluding diaryl/α,β-unsaturated/α-hetero) is 1. The van der Waals surface area contributed by atoms with E-state index in [-0.39, 0.29) is 17.7 Å². The van der Waals surface area contributed by atoms with E-state index in [0.717, 1.165) is 79.3 Å². The highest BCUT2D eigenvalue weighted by Gasteiger charge is 2.30. The Morgan fingerprint density at radius 3 is 2.42 bits per heavy atom. The van der Waals surface area contributed by atoms with E-state index in [0.29, 0.717) is 30.6 Å². The second-order valence-corrected chi connectivity index (χ2v) is 13.2. The number of fused-ring (bicyclic) bond motifs is 1. The van der Waals surface area contributed by atoms with E-state index >= 15 is 0 Å². The average molecular weight is 619 g/mol. The number of imidazole rings is 1. The second-order valence-electron chi connectivity index (χ2n) is 13.2. The van der Waals surface area contributed by atoms with Crippen LogP contribution in [0.3, 0.4) is 0 Å². The number of aromatic amines is 1. The van der Waals surface area contributed by atoms with Gasteiger partial charge in [0.1, 0.15) is 23.6 Å². The van der Waals surface area contributed by atoms with Gasteiger partial charge in [-0.3, -0.25) is 14.5 Å². The molecule has 3 rings (SSSR count). The molecule has 0 saturated carbocycles. The van der Waals surface area contributed by atoms with Gasteiger partial charge in [-0.05, 0) is 76.4 Å². The van der Waals surface area contributed by atoms with Crippen molar-refractivity contribution in [2.24, 2.45) is 5.92 Å². The van der Waals surface area contributed by atoms with Crippen molar-refractivity contribution in [3.05, 3.63) is 58.4 Å². The van der Waals surface area contributed by atoms with Gasteiger partial charge >= 0.3 is 0 Å². The minimum absolute atomic E-state index is 0.0592. The maximum Gasteiger partial charge on any atom is 0.150 e. The van der Waals surface area contributed by atoms with E-state index in [9.17, 15) is 9.59 Å². The van der Waals surface area contributed by atoms with Gasteiger partial charge in [-0.25, -0.2) is 4.98 Å². The van der Waals surface area contributed by atoms with Gasteiger partial charge in [0, 0.05) is 36.7 Å². The lowest BCUT2D eigenvalue weighted by atomic mass is 9.90. The summed E-state index contributed by atoms with van der Waals surface area (Å²) < 4.78 is 6.15. The van der Waals surface area contributed by atoms with Crippen LogP contribution in [-0.4, -0.2) is 59.2 Å². The molecule has 0 saturated heterocycles. The molecular weight excluding hydrogens is 560 g/mol. The number of nitrogens with zero attached hydrogens (tertiary/aromatic N) is 2. The highest BCUT2D eigenvalue weighted by molar-refractivity contribution is 5.89. The Labute approximate surface area is 271 Å². The summed E-state index contributed by atoms with van der Waals surface area (Å²) in [5, 5.41) is 3.72. The quantitative estimate of drug-likeness (QED) is 0.117. The van der Waals surface area contributed by atoms with E-state index in [2.05, 4.69) is 82.0 Å². The lowest BCUT2D eigenvalue weighted by Gasteiger charge is -2.28. The number of nitrogens with one attached hydrogen (secondary N) is 2. The highest BCUT2D eigenvalue weighted by atomic mass is 16.5. The fourth-order valence-corrected chi connectivity index (χ4v) is 6.37. The van der Waals surface area contributed by atoms with Crippen molar-refractivity contribution in [3.8, 4) is 5.75 Å². The molecule has 0 spiro atoms. The van der Waals surface area contributed by atoms with Gasteiger partial charge in [0.05, 0.1) is 23.6 Å². The number of aldehydes is 1. The molecule has 0 aliphatic heterocycles. The first-order valence-electron chi connectivity index (χ1n) is 17.2. The molecule has 3 aromatic rings. The van der Waals surface area contributed by atoms with Crippen molar-refractivity contribution in [3.63, 3.8) is 0 Å². The third-order valence-electron chi connectivity index (χ3n) is 9.03. The fraction of sp³-hybridized carbons (Fsp3) is 0.605. The lowest BCUT2D eigenvalue weighted by Crippen LogP contribution is -2.41. The van der Waals surface area contributed by atoms with Crippen LogP contribution in [0.15, 0.2) is 30.3 Å². The number of carbonyl (C=O) groups is 2. The van der Waals surface area contributed by atoms with Crippen molar-refractivity contribution in [2.45, 2.75) is 124 Å². The van der Waals surface area contributed by atoms with E-state index < -0.39 is 5.92 Å². The van der Waals surface area contributed by atoms with Crippen molar-refractivity contribution in [1.29, 1.82) is 0 Å². The summed E-state index contributed by atoms with van der Waals surface area (Å²) in [6.45, 7) is 16.7. The molecular formula is C38H58N4O3. The van der Waals surface area contributed by atoms with E-state index in [4.69, 9.17) is 9.72 Å². The van der Waals surface area contributed by atoms with Gasteiger partial charge in [0.2, 0.25) is 0 Å². The molecule has 0 amide bonds. The first-order valence-corrected chi connectivity index (χ1v) is 17.2. The van der Waals surface area contributed by atoms with Gasteiger partial charge < -0.3 is 15.0 Å². The molecule has 1 heterocycles. The van der Waals surface area contributed by atoms with Gasteiger partial charge in [-0.15, -0.1) is 0 Å². The molecule has 45 heavy (non-hydrogen) atoms. The van der Waals surface area contributed by atoms with Gasteiger partial charge in [-0.1, -0.05) is 77.5 Å². The molecule has 0 fully saturated rings. The SMILES string of the molecule is CCCCC(NCC(C)COc1ccc(C)cc1C)C(C(C)=O)c1nc2cc(C=O)c(CN(C)C(CCC)CCCC)cc2[nH]1. The minimum Gasteiger partial charge on any atom is -0.493 e. The maximum absolute atomic E-state index is 13.2. The van der Waals surface area contributed by atoms with Crippen LogP contribution in [0.1, 0.15) is 125 Å². The number of unbranched alkanes of at least 4 members (excludes halogenated alkanes) is 2. The van der Waals surface area contributed by atoms with Crippen LogP contribution in [0.2, 0.25) is 0 Å². The molecule has 0 aliphatic carbocycles. The number of ketones is 1. The summed E-state index contributed by atoms with van der Waals surface area (Å²) in [5.41, 5.74) is 5.62. The summed E-state index contributed by atoms with van der Waals surface area (Å²) >= 11 is 0. The highest BCUT2D eigenvalue weighted by Crippen LogP contribution is 2.28. The number of H-pyrrole nitrogens is 1. The van der Waals surface area contributed by atoms with E-state index in [1.54, 1.807) is 6.92 Å². The molecule has 4 atom stereocenters. The fourth-order valence-electron chi connectivity index (χ4n) is 6.37. The summed E-state index contributed by atoms with van der Waals surface area (Å²) in [4.78, 5) is 36.2. The normalized spacial score (nSPS) is 14.4. The predicted octanol–water partition coefficient (Wildman–Crippen LogP) is 8.32. The Morgan fingerprint density at radius 2 is 1.78 bits per heavy atom. The topological polar surface area (TPSA) is 87.3 Å². The number of aromatic nitrogens is 2.